The molecule has 0 bridgehead atoms. The minimum atomic E-state index is -0.280. The van der Waals surface area contributed by atoms with Gasteiger partial charge in [0.15, 0.2) is 0 Å². The van der Waals surface area contributed by atoms with Crippen LogP contribution < -0.4 is 0 Å². The second-order valence-corrected chi connectivity index (χ2v) is 1.83. The smallest absolute Gasteiger partial charge is 0.302 e. The fraction of sp³-hybridized carbons (Fsp3) is 0.571. The van der Waals surface area contributed by atoms with Gasteiger partial charge in [-0.2, -0.15) is 0 Å². The van der Waals surface area contributed by atoms with Gasteiger partial charge in [-0.25, -0.2) is 0 Å². The highest BCUT2D eigenvalue weighted by Gasteiger charge is 2.00. The monoisotopic (exact) mass is 126 g/mol. The van der Waals surface area contributed by atoms with Gasteiger partial charge in [0.2, 0.25) is 0 Å². The van der Waals surface area contributed by atoms with Gasteiger partial charge < -0.3 is 4.74 Å². The van der Waals surface area contributed by atoms with Crippen molar-refractivity contribution >= 4 is 5.97 Å². The minimum Gasteiger partial charge on any atom is -0.462 e. The third-order valence-corrected chi connectivity index (χ3v) is 0.772. The summed E-state index contributed by atoms with van der Waals surface area (Å²) in [6.45, 7) is 3.13. The van der Waals surface area contributed by atoms with Crippen LogP contribution in [0.2, 0.25) is 0 Å². The van der Waals surface area contributed by atoms with Gasteiger partial charge in [0.1, 0.15) is 6.10 Å². The number of ether oxygens (including phenoxy) is 1. The predicted molar refractivity (Wildman–Crippen MR) is 34.7 cm³/mol. The van der Waals surface area contributed by atoms with Crippen molar-refractivity contribution in [1.82, 2.24) is 0 Å². The number of hydrogen-bond donors (Lipinski definition) is 0. The summed E-state index contributed by atoms with van der Waals surface area (Å²) in [5.41, 5.74) is 0. The lowest BCUT2D eigenvalue weighted by molar-refractivity contribution is -0.145. The highest BCUT2D eigenvalue weighted by molar-refractivity contribution is 5.66. The molecule has 1 atom stereocenters. The number of rotatable bonds is 2. The molecule has 0 saturated carbocycles. The summed E-state index contributed by atoms with van der Waals surface area (Å²) in [7, 11) is 0. The summed E-state index contributed by atoms with van der Waals surface area (Å²) in [6, 6.07) is 0. The maximum absolute atomic E-state index is 10.2. The lowest BCUT2D eigenvalue weighted by atomic mass is 10.3. The fourth-order valence-corrected chi connectivity index (χ4v) is 0.491. The third-order valence-electron chi connectivity index (χ3n) is 0.772. The molecule has 0 saturated heterocycles. The van der Waals surface area contributed by atoms with Crippen molar-refractivity contribution in [3.8, 4) is 12.3 Å². The van der Waals surface area contributed by atoms with Crippen molar-refractivity contribution in [2.45, 2.75) is 26.4 Å². The van der Waals surface area contributed by atoms with Gasteiger partial charge in [-0.15, -0.1) is 12.3 Å². The number of terminal acetylenes is 1. The Morgan fingerprint density at radius 2 is 2.44 bits per heavy atom. The van der Waals surface area contributed by atoms with Gasteiger partial charge in [0, 0.05) is 13.3 Å². The summed E-state index contributed by atoms with van der Waals surface area (Å²) < 4.78 is 4.71. The highest BCUT2D eigenvalue weighted by atomic mass is 16.5. The van der Waals surface area contributed by atoms with E-state index in [0.717, 1.165) is 0 Å². The van der Waals surface area contributed by atoms with E-state index < -0.39 is 0 Å². The van der Waals surface area contributed by atoms with Crippen LogP contribution in [0.4, 0.5) is 0 Å². The highest BCUT2D eigenvalue weighted by Crippen LogP contribution is 1.94. The molecule has 0 aliphatic rings. The Bertz CT molecular complexity index is 132. The van der Waals surface area contributed by atoms with Gasteiger partial charge in [0.05, 0.1) is 0 Å². The first-order valence-corrected chi connectivity index (χ1v) is 2.77. The summed E-state index contributed by atoms with van der Waals surface area (Å²) in [6.07, 6.45) is 5.30. The Labute approximate surface area is 55.2 Å². The van der Waals surface area contributed by atoms with Crippen molar-refractivity contribution in [1.29, 1.82) is 0 Å². The van der Waals surface area contributed by atoms with E-state index in [2.05, 4.69) is 5.92 Å². The SMILES string of the molecule is C#CCC(C)OC(C)=O. The van der Waals surface area contributed by atoms with Gasteiger partial charge >= 0.3 is 5.97 Å². The first-order valence-electron chi connectivity index (χ1n) is 2.77. The van der Waals surface area contributed by atoms with E-state index >= 15 is 0 Å². The number of hydrogen-bond acceptors (Lipinski definition) is 2. The van der Waals surface area contributed by atoms with Crippen molar-refractivity contribution in [3.05, 3.63) is 0 Å². The number of carbonyl (C=O) groups excluding carboxylic acids is 1. The van der Waals surface area contributed by atoms with Crippen LogP contribution in [0.3, 0.4) is 0 Å². The molecule has 0 aliphatic heterocycles. The Balaban J connectivity index is 3.40. The van der Waals surface area contributed by atoms with Crippen LogP contribution in [0, 0.1) is 12.3 Å². The summed E-state index contributed by atoms with van der Waals surface area (Å²) in [4.78, 5) is 10.2. The maximum Gasteiger partial charge on any atom is 0.302 e. The minimum absolute atomic E-state index is 0.146. The van der Waals surface area contributed by atoms with Gasteiger partial charge in [-0.1, -0.05) is 0 Å². The van der Waals surface area contributed by atoms with Crippen LogP contribution in [-0.2, 0) is 9.53 Å². The molecule has 50 valence electrons. The number of carbonyl (C=O) groups is 1. The summed E-state index contributed by atoms with van der Waals surface area (Å²) in [5.74, 6) is 2.12. The largest absolute Gasteiger partial charge is 0.462 e. The second kappa shape index (κ2) is 3.96. The topological polar surface area (TPSA) is 26.3 Å². The summed E-state index contributed by atoms with van der Waals surface area (Å²) in [5, 5.41) is 0. The standard InChI is InChI=1S/C7H10O2/c1-4-5-6(2)9-7(3)8/h1,6H,5H2,2-3H3. The van der Waals surface area contributed by atoms with Crippen LogP contribution in [0.1, 0.15) is 20.3 Å². The van der Waals surface area contributed by atoms with Crippen LogP contribution >= 0.6 is 0 Å². The van der Waals surface area contributed by atoms with Crippen LogP contribution in [0.15, 0.2) is 0 Å². The van der Waals surface area contributed by atoms with Crippen molar-refractivity contribution in [2.75, 3.05) is 0 Å². The van der Waals surface area contributed by atoms with E-state index in [4.69, 9.17) is 11.2 Å². The quantitative estimate of drug-likeness (QED) is 0.407. The fourth-order valence-electron chi connectivity index (χ4n) is 0.491. The van der Waals surface area contributed by atoms with Crippen molar-refractivity contribution in [3.63, 3.8) is 0 Å². The second-order valence-electron chi connectivity index (χ2n) is 1.83. The van der Waals surface area contributed by atoms with Crippen molar-refractivity contribution in [2.24, 2.45) is 0 Å². The van der Waals surface area contributed by atoms with Gasteiger partial charge in [-0.05, 0) is 6.92 Å². The van der Waals surface area contributed by atoms with E-state index in [9.17, 15) is 4.79 Å². The molecule has 0 rings (SSSR count). The molecule has 1 unspecified atom stereocenters. The zero-order valence-corrected chi connectivity index (χ0v) is 5.68. The first-order chi connectivity index (χ1) is 4.16. The van der Waals surface area contributed by atoms with E-state index in [-0.39, 0.29) is 12.1 Å². The average Bonchev–Trinajstić information content (AvgIpc) is 1.63. The van der Waals surface area contributed by atoms with Crippen molar-refractivity contribution < 1.29 is 9.53 Å². The molecule has 0 heterocycles. The molecular weight excluding hydrogens is 116 g/mol. The predicted octanol–water partition coefficient (Wildman–Crippen LogP) is 0.961. The Hall–Kier alpha value is -0.970. The maximum atomic E-state index is 10.2. The molecule has 0 aliphatic carbocycles. The zero-order chi connectivity index (χ0) is 7.28. The average molecular weight is 126 g/mol. The molecule has 2 heteroatoms. The molecule has 0 radical (unpaired) electrons. The Kier molecular flexibility index (Phi) is 3.54. The zero-order valence-electron chi connectivity index (χ0n) is 5.68. The normalized spacial score (nSPS) is 11.7. The van der Waals surface area contributed by atoms with E-state index in [1.54, 1.807) is 6.92 Å². The van der Waals surface area contributed by atoms with Crippen LogP contribution in [-0.4, -0.2) is 12.1 Å². The lowest BCUT2D eigenvalue weighted by Crippen LogP contribution is -2.10. The Morgan fingerprint density at radius 1 is 1.89 bits per heavy atom. The lowest BCUT2D eigenvalue weighted by Gasteiger charge is -2.06. The van der Waals surface area contributed by atoms with Gasteiger partial charge in [-0.3, -0.25) is 4.79 Å². The molecule has 0 N–H and O–H groups in total. The molecule has 0 aromatic rings. The van der Waals surface area contributed by atoms with Crippen LogP contribution in [0.5, 0.6) is 0 Å². The molecule has 0 aromatic carbocycles. The molecule has 0 aromatic heterocycles. The molecule has 9 heavy (non-hydrogen) atoms. The van der Waals surface area contributed by atoms with Gasteiger partial charge in [0.25, 0.3) is 0 Å². The first kappa shape index (κ1) is 8.03. The molecule has 0 fully saturated rings. The molecular formula is C7H10O2. The molecule has 2 nitrogen and oxygen atoms in total. The molecule has 0 spiro atoms. The summed E-state index contributed by atoms with van der Waals surface area (Å²) >= 11 is 0. The number of esters is 1. The van der Waals surface area contributed by atoms with Crippen LogP contribution in [0.25, 0.3) is 0 Å². The van der Waals surface area contributed by atoms with E-state index in [0.29, 0.717) is 6.42 Å². The van der Waals surface area contributed by atoms with E-state index in [1.165, 1.54) is 6.92 Å². The van der Waals surface area contributed by atoms with E-state index in [1.807, 2.05) is 0 Å². The Morgan fingerprint density at radius 3 is 2.78 bits per heavy atom. The molecule has 0 amide bonds. The third kappa shape index (κ3) is 4.89.